The van der Waals surface area contributed by atoms with Crippen LogP contribution in [-0.4, -0.2) is 14.8 Å². The molecule has 4 heteroatoms. The van der Waals surface area contributed by atoms with Crippen LogP contribution in [0.5, 0.6) is 0 Å². The third-order valence-electron chi connectivity index (χ3n) is 3.77. The first-order valence-corrected chi connectivity index (χ1v) is 7.71. The van der Waals surface area contributed by atoms with E-state index in [9.17, 15) is 0 Å². The molecule has 0 bridgehead atoms. The van der Waals surface area contributed by atoms with Crippen LogP contribution in [0.4, 0.5) is 0 Å². The van der Waals surface area contributed by atoms with Crippen LogP contribution in [0.3, 0.4) is 0 Å². The van der Waals surface area contributed by atoms with Crippen LogP contribution in [0.15, 0.2) is 0 Å². The summed E-state index contributed by atoms with van der Waals surface area (Å²) in [4.78, 5) is 0. The molecule has 1 aromatic heterocycles. The van der Waals surface area contributed by atoms with E-state index in [4.69, 9.17) is 11.6 Å². The maximum absolute atomic E-state index is 5.95. The first-order valence-electron chi connectivity index (χ1n) is 7.17. The Hall–Kier alpha value is -0.570. The molecule has 1 saturated carbocycles. The van der Waals surface area contributed by atoms with E-state index in [1.165, 1.54) is 32.1 Å². The van der Waals surface area contributed by atoms with E-state index >= 15 is 0 Å². The van der Waals surface area contributed by atoms with Crippen molar-refractivity contribution >= 4 is 11.6 Å². The van der Waals surface area contributed by atoms with Crippen LogP contribution in [0.1, 0.15) is 57.6 Å². The zero-order valence-corrected chi connectivity index (χ0v) is 12.3. The molecular weight excluding hydrogens is 246 g/mol. The van der Waals surface area contributed by atoms with E-state index in [1.807, 2.05) is 0 Å². The summed E-state index contributed by atoms with van der Waals surface area (Å²) in [6, 6.07) is 0. The predicted molar refractivity (Wildman–Crippen MR) is 74.7 cm³/mol. The fourth-order valence-electron chi connectivity index (χ4n) is 2.85. The van der Waals surface area contributed by atoms with E-state index < -0.39 is 0 Å². The summed E-state index contributed by atoms with van der Waals surface area (Å²) >= 11 is 5.95. The zero-order chi connectivity index (χ0) is 13.0. The second-order valence-corrected chi connectivity index (χ2v) is 6.15. The third kappa shape index (κ3) is 3.47. The minimum Gasteiger partial charge on any atom is -0.314 e. The molecule has 18 heavy (non-hydrogen) atoms. The van der Waals surface area contributed by atoms with Gasteiger partial charge in [0.05, 0.1) is 5.88 Å². The Balaban J connectivity index is 2.08. The van der Waals surface area contributed by atoms with Crippen LogP contribution >= 0.6 is 11.6 Å². The van der Waals surface area contributed by atoms with Crippen molar-refractivity contribution in [3.8, 4) is 0 Å². The van der Waals surface area contributed by atoms with E-state index in [0.29, 0.717) is 11.8 Å². The highest BCUT2D eigenvalue weighted by molar-refractivity contribution is 6.16. The monoisotopic (exact) mass is 269 g/mol. The first kappa shape index (κ1) is 13.9. The minimum absolute atomic E-state index is 0.463. The van der Waals surface area contributed by atoms with Crippen LogP contribution < -0.4 is 0 Å². The van der Waals surface area contributed by atoms with Gasteiger partial charge in [-0.2, -0.15) is 0 Å². The third-order valence-corrected chi connectivity index (χ3v) is 4.01. The Morgan fingerprint density at radius 1 is 1.17 bits per heavy atom. The molecule has 0 saturated heterocycles. The number of nitrogens with zero attached hydrogens (tertiary/aromatic N) is 3. The number of hydrogen-bond acceptors (Lipinski definition) is 2. The second kappa shape index (κ2) is 6.55. The zero-order valence-electron chi connectivity index (χ0n) is 11.5. The van der Waals surface area contributed by atoms with Gasteiger partial charge in [0.15, 0.2) is 0 Å². The van der Waals surface area contributed by atoms with Crippen LogP contribution in [0, 0.1) is 11.8 Å². The van der Waals surface area contributed by atoms with Gasteiger partial charge in [0.2, 0.25) is 0 Å². The SMILES string of the molecule is CC(C)Cn1c(CCl)nnc1CC1CCCCC1. The molecule has 1 fully saturated rings. The predicted octanol–water partition coefficient (Wildman–Crippen LogP) is 3.80. The van der Waals surface area contributed by atoms with Gasteiger partial charge >= 0.3 is 0 Å². The van der Waals surface area contributed by atoms with E-state index in [2.05, 4.69) is 28.6 Å². The molecule has 2 rings (SSSR count). The Kier molecular flexibility index (Phi) is 5.04. The maximum Gasteiger partial charge on any atom is 0.147 e. The fourth-order valence-corrected chi connectivity index (χ4v) is 3.05. The Morgan fingerprint density at radius 2 is 1.83 bits per heavy atom. The summed E-state index contributed by atoms with van der Waals surface area (Å²) in [5, 5.41) is 8.60. The summed E-state index contributed by atoms with van der Waals surface area (Å²) in [5.74, 6) is 3.94. The number of aromatic nitrogens is 3. The van der Waals surface area contributed by atoms with Crippen molar-refractivity contribution < 1.29 is 0 Å². The highest BCUT2D eigenvalue weighted by atomic mass is 35.5. The smallest absolute Gasteiger partial charge is 0.147 e. The Labute approximate surface area is 115 Å². The molecule has 0 aliphatic heterocycles. The average molecular weight is 270 g/mol. The summed E-state index contributed by atoms with van der Waals surface area (Å²) < 4.78 is 2.24. The Morgan fingerprint density at radius 3 is 2.44 bits per heavy atom. The number of rotatable bonds is 5. The summed E-state index contributed by atoms with van der Waals surface area (Å²) in [7, 11) is 0. The van der Waals surface area contributed by atoms with Gasteiger partial charge in [-0.1, -0.05) is 46.0 Å². The maximum atomic E-state index is 5.95. The van der Waals surface area contributed by atoms with Gasteiger partial charge in [-0.05, 0) is 11.8 Å². The van der Waals surface area contributed by atoms with Crippen molar-refractivity contribution in [1.82, 2.24) is 14.8 Å². The lowest BCUT2D eigenvalue weighted by molar-refractivity contribution is 0.344. The van der Waals surface area contributed by atoms with Crippen LogP contribution in [-0.2, 0) is 18.8 Å². The molecule has 102 valence electrons. The largest absolute Gasteiger partial charge is 0.314 e. The van der Waals surface area contributed by atoms with Gasteiger partial charge in [-0.15, -0.1) is 21.8 Å². The molecule has 0 aromatic carbocycles. The lowest BCUT2D eigenvalue weighted by atomic mass is 9.87. The Bertz CT molecular complexity index is 367. The lowest BCUT2D eigenvalue weighted by Crippen LogP contribution is -2.16. The quantitative estimate of drug-likeness (QED) is 0.762. The van der Waals surface area contributed by atoms with Gasteiger partial charge in [-0.3, -0.25) is 0 Å². The number of alkyl halides is 1. The molecule has 0 radical (unpaired) electrons. The molecule has 0 unspecified atom stereocenters. The summed E-state index contributed by atoms with van der Waals surface area (Å²) in [5.41, 5.74) is 0. The summed E-state index contributed by atoms with van der Waals surface area (Å²) in [6.45, 7) is 5.43. The molecule has 0 atom stereocenters. The van der Waals surface area contributed by atoms with Crippen molar-refractivity contribution in [3.63, 3.8) is 0 Å². The van der Waals surface area contributed by atoms with Gasteiger partial charge < -0.3 is 4.57 Å². The number of hydrogen-bond donors (Lipinski definition) is 0. The second-order valence-electron chi connectivity index (χ2n) is 5.88. The molecule has 3 nitrogen and oxygen atoms in total. The first-order chi connectivity index (χ1) is 8.70. The molecular formula is C14H24ClN3. The van der Waals surface area contributed by atoms with Crippen LogP contribution in [0.25, 0.3) is 0 Å². The normalized spacial score (nSPS) is 17.6. The van der Waals surface area contributed by atoms with Crippen LogP contribution in [0.2, 0.25) is 0 Å². The molecule has 0 spiro atoms. The van der Waals surface area contributed by atoms with Gasteiger partial charge in [0.1, 0.15) is 11.6 Å². The molecule has 0 N–H and O–H groups in total. The summed E-state index contributed by atoms with van der Waals surface area (Å²) in [6.07, 6.45) is 7.95. The average Bonchev–Trinajstić information content (AvgIpc) is 2.72. The van der Waals surface area contributed by atoms with Crippen molar-refractivity contribution in [3.05, 3.63) is 11.6 Å². The topological polar surface area (TPSA) is 30.7 Å². The highest BCUT2D eigenvalue weighted by Crippen LogP contribution is 2.26. The lowest BCUT2D eigenvalue weighted by Gasteiger charge is -2.21. The van der Waals surface area contributed by atoms with E-state index in [-0.39, 0.29) is 0 Å². The molecule has 1 heterocycles. The standard InChI is InChI=1S/C14H24ClN3/c1-11(2)10-18-13(16-17-14(18)9-15)8-12-6-4-3-5-7-12/h11-12H,3-10H2,1-2H3. The fraction of sp³-hybridized carbons (Fsp3) is 0.857. The van der Waals surface area contributed by atoms with E-state index in [1.54, 1.807) is 0 Å². The van der Waals surface area contributed by atoms with Gasteiger partial charge in [-0.25, -0.2) is 0 Å². The molecule has 0 amide bonds. The van der Waals surface area contributed by atoms with Crippen molar-refractivity contribution in [2.24, 2.45) is 11.8 Å². The number of halogens is 1. The van der Waals surface area contributed by atoms with Crippen molar-refractivity contribution in [2.45, 2.75) is 64.8 Å². The molecule has 1 aliphatic carbocycles. The molecule has 1 aliphatic rings. The highest BCUT2D eigenvalue weighted by Gasteiger charge is 2.19. The van der Waals surface area contributed by atoms with Crippen molar-refractivity contribution in [2.75, 3.05) is 0 Å². The molecule has 1 aromatic rings. The van der Waals surface area contributed by atoms with E-state index in [0.717, 1.165) is 30.5 Å². The van der Waals surface area contributed by atoms with Gasteiger partial charge in [0.25, 0.3) is 0 Å². The van der Waals surface area contributed by atoms with Gasteiger partial charge in [0, 0.05) is 13.0 Å². The van der Waals surface area contributed by atoms with Crippen molar-refractivity contribution in [1.29, 1.82) is 0 Å². The minimum atomic E-state index is 0.463.